The Morgan fingerprint density at radius 1 is 1.24 bits per heavy atom. The van der Waals surface area contributed by atoms with Gasteiger partial charge in [0.2, 0.25) is 0 Å². The highest BCUT2D eigenvalue weighted by atomic mass is 19.4. The standard InChI is InChI=1S/C15H22F4N2/c1-4-8-20-11(3)12-6-7-14(13(16)9-12)21(5-2)10-15(17,18)19/h6-7,9,11,20H,4-5,8,10H2,1-3H3. The van der Waals surface area contributed by atoms with Crippen LogP contribution in [0.25, 0.3) is 0 Å². The van der Waals surface area contributed by atoms with E-state index >= 15 is 0 Å². The van der Waals surface area contributed by atoms with E-state index in [1.165, 1.54) is 12.1 Å². The van der Waals surface area contributed by atoms with Crippen molar-refractivity contribution in [3.8, 4) is 0 Å². The summed E-state index contributed by atoms with van der Waals surface area (Å²) in [7, 11) is 0. The Hall–Kier alpha value is -1.30. The molecule has 1 N–H and O–H groups in total. The molecular formula is C15H22F4N2. The largest absolute Gasteiger partial charge is 0.405 e. The maximum atomic E-state index is 14.1. The van der Waals surface area contributed by atoms with Crippen molar-refractivity contribution in [3.63, 3.8) is 0 Å². The minimum atomic E-state index is -4.35. The Morgan fingerprint density at radius 3 is 2.38 bits per heavy atom. The molecular weight excluding hydrogens is 284 g/mol. The maximum absolute atomic E-state index is 14.1. The first-order chi connectivity index (χ1) is 9.78. The van der Waals surface area contributed by atoms with Gasteiger partial charge in [-0.15, -0.1) is 0 Å². The maximum Gasteiger partial charge on any atom is 0.405 e. The third-order valence-corrected chi connectivity index (χ3v) is 3.26. The topological polar surface area (TPSA) is 15.3 Å². The fourth-order valence-corrected chi connectivity index (χ4v) is 2.11. The molecule has 1 rings (SSSR count). The molecule has 2 nitrogen and oxygen atoms in total. The molecule has 0 bridgehead atoms. The van der Waals surface area contributed by atoms with E-state index < -0.39 is 18.5 Å². The molecule has 0 aliphatic rings. The Labute approximate surface area is 123 Å². The fourth-order valence-electron chi connectivity index (χ4n) is 2.11. The van der Waals surface area contributed by atoms with E-state index in [4.69, 9.17) is 0 Å². The second-order valence-corrected chi connectivity index (χ2v) is 5.02. The number of anilines is 1. The van der Waals surface area contributed by atoms with Crippen molar-refractivity contribution in [1.82, 2.24) is 5.32 Å². The van der Waals surface area contributed by atoms with Crippen LogP contribution in [-0.2, 0) is 0 Å². The van der Waals surface area contributed by atoms with Gasteiger partial charge in [0.15, 0.2) is 0 Å². The molecule has 21 heavy (non-hydrogen) atoms. The van der Waals surface area contributed by atoms with Crippen LogP contribution >= 0.6 is 0 Å². The van der Waals surface area contributed by atoms with Crippen molar-refractivity contribution in [2.24, 2.45) is 0 Å². The first-order valence-electron chi connectivity index (χ1n) is 7.13. The summed E-state index contributed by atoms with van der Waals surface area (Å²) in [6, 6.07) is 4.36. The highest BCUT2D eigenvalue weighted by molar-refractivity contribution is 5.49. The molecule has 0 amide bonds. The van der Waals surface area contributed by atoms with E-state index in [0.717, 1.165) is 23.4 Å². The van der Waals surface area contributed by atoms with Crippen LogP contribution in [0.15, 0.2) is 18.2 Å². The third-order valence-electron chi connectivity index (χ3n) is 3.26. The first-order valence-corrected chi connectivity index (χ1v) is 7.13. The number of hydrogen-bond acceptors (Lipinski definition) is 2. The predicted octanol–water partition coefficient (Wildman–Crippen LogP) is 4.27. The average molecular weight is 306 g/mol. The van der Waals surface area contributed by atoms with Crippen LogP contribution < -0.4 is 10.2 Å². The highest BCUT2D eigenvalue weighted by Crippen LogP contribution is 2.26. The summed E-state index contributed by atoms with van der Waals surface area (Å²) in [4.78, 5) is 0.989. The van der Waals surface area contributed by atoms with E-state index in [2.05, 4.69) is 5.32 Å². The van der Waals surface area contributed by atoms with E-state index in [1.54, 1.807) is 13.0 Å². The lowest BCUT2D eigenvalue weighted by atomic mass is 10.1. The smallest absolute Gasteiger partial charge is 0.360 e. The molecule has 0 aliphatic heterocycles. The van der Waals surface area contributed by atoms with E-state index in [9.17, 15) is 17.6 Å². The van der Waals surface area contributed by atoms with Gasteiger partial charge >= 0.3 is 6.18 Å². The molecule has 0 saturated heterocycles. The number of halogens is 4. The van der Waals surface area contributed by atoms with E-state index in [-0.39, 0.29) is 18.3 Å². The number of alkyl halides is 3. The van der Waals surface area contributed by atoms with Gasteiger partial charge in [0.05, 0.1) is 5.69 Å². The summed E-state index contributed by atoms with van der Waals surface area (Å²) < 4.78 is 51.6. The number of rotatable bonds is 7. The molecule has 0 aromatic heterocycles. The summed E-state index contributed by atoms with van der Waals surface area (Å²) in [5.41, 5.74) is 0.717. The molecule has 1 aromatic rings. The monoisotopic (exact) mass is 306 g/mol. The molecule has 0 heterocycles. The molecule has 6 heteroatoms. The predicted molar refractivity (Wildman–Crippen MR) is 77.1 cm³/mol. The van der Waals surface area contributed by atoms with Gasteiger partial charge in [0.1, 0.15) is 12.4 Å². The number of nitrogens with zero attached hydrogens (tertiary/aromatic N) is 1. The van der Waals surface area contributed by atoms with Crippen LogP contribution in [0.2, 0.25) is 0 Å². The van der Waals surface area contributed by atoms with Crippen LogP contribution in [0.1, 0.15) is 38.8 Å². The van der Waals surface area contributed by atoms with Crippen LogP contribution in [0.4, 0.5) is 23.2 Å². The molecule has 0 spiro atoms. The number of benzene rings is 1. The highest BCUT2D eigenvalue weighted by Gasteiger charge is 2.31. The van der Waals surface area contributed by atoms with Crippen molar-refractivity contribution in [1.29, 1.82) is 0 Å². The normalized spacial score (nSPS) is 13.3. The van der Waals surface area contributed by atoms with Gasteiger partial charge in [-0.1, -0.05) is 13.0 Å². The summed E-state index contributed by atoms with van der Waals surface area (Å²) in [6.07, 6.45) is -3.39. The minimum absolute atomic E-state index is 0.0127. The molecule has 1 unspecified atom stereocenters. The van der Waals surface area contributed by atoms with Gasteiger partial charge < -0.3 is 10.2 Å². The zero-order valence-corrected chi connectivity index (χ0v) is 12.6. The molecule has 1 atom stereocenters. The van der Waals surface area contributed by atoms with Crippen LogP contribution in [0, 0.1) is 5.82 Å². The van der Waals surface area contributed by atoms with Crippen LogP contribution in [-0.4, -0.2) is 25.8 Å². The van der Waals surface area contributed by atoms with Crippen molar-refractivity contribution in [3.05, 3.63) is 29.6 Å². The zero-order chi connectivity index (χ0) is 16.0. The summed E-state index contributed by atoms with van der Waals surface area (Å²) >= 11 is 0. The number of nitrogens with one attached hydrogen (secondary N) is 1. The Kier molecular flexibility index (Phi) is 6.45. The second kappa shape index (κ2) is 7.64. The lowest BCUT2D eigenvalue weighted by molar-refractivity contribution is -0.119. The zero-order valence-electron chi connectivity index (χ0n) is 12.6. The van der Waals surface area contributed by atoms with Crippen molar-refractivity contribution in [2.75, 3.05) is 24.5 Å². The average Bonchev–Trinajstić information content (AvgIpc) is 2.41. The Bertz CT molecular complexity index is 446. The van der Waals surface area contributed by atoms with E-state index in [0.29, 0.717) is 0 Å². The van der Waals surface area contributed by atoms with Crippen molar-refractivity contribution < 1.29 is 17.6 Å². The van der Waals surface area contributed by atoms with Crippen LogP contribution in [0.3, 0.4) is 0 Å². The molecule has 0 fully saturated rings. The summed E-state index contributed by atoms with van der Waals surface area (Å²) in [5.74, 6) is -0.622. The molecule has 0 aliphatic carbocycles. The third kappa shape index (κ3) is 5.53. The second-order valence-electron chi connectivity index (χ2n) is 5.02. The summed E-state index contributed by atoms with van der Waals surface area (Å²) in [5, 5.41) is 3.22. The SMILES string of the molecule is CCCNC(C)c1ccc(N(CC)CC(F)(F)F)c(F)c1. The number of hydrogen-bond donors (Lipinski definition) is 1. The van der Waals surface area contributed by atoms with Gasteiger partial charge in [0, 0.05) is 12.6 Å². The van der Waals surface area contributed by atoms with Gasteiger partial charge in [0.25, 0.3) is 0 Å². The van der Waals surface area contributed by atoms with Gasteiger partial charge in [-0.2, -0.15) is 13.2 Å². The van der Waals surface area contributed by atoms with E-state index in [1.807, 2.05) is 13.8 Å². The fraction of sp³-hybridized carbons (Fsp3) is 0.600. The molecule has 0 saturated carbocycles. The van der Waals surface area contributed by atoms with Crippen molar-refractivity contribution >= 4 is 5.69 Å². The first kappa shape index (κ1) is 17.8. The lowest BCUT2D eigenvalue weighted by Gasteiger charge is -2.25. The minimum Gasteiger partial charge on any atom is -0.360 e. The van der Waals surface area contributed by atoms with Gasteiger partial charge in [-0.3, -0.25) is 0 Å². The van der Waals surface area contributed by atoms with Gasteiger partial charge in [-0.05, 0) is 44.5 Å². The molecule has 1 aromatic carbocycles. The quantitative estimate of drug-likeness (QED) is 0.757. The molecule has 0 radical (unpaired) electrons. The van der Waals surface area contributed by atoms with Gasteiger partial charge in [-0.25, -0.2) is 4.39 Å². The summed E-state index contributed by atoms with van der Waals surface area (Å²) in [6.45, 7) is 5.25. The Morgan fingerprint density at radius 2 is 1.90 bits per heavy atom. The van der Waals surface area contributed by atoms with Crippen molar-refractivity contribution in [2.45, 2.75) is 39.4 Å². The molecule has 120 valence electrons. The lowest BCUT2D eigenvalue weighted by Crippen LogP contribution is -2.34. The Balaban J connectivity index is 2.90. The van der Waals surface area contributed by atoms with Crippen LogP contribution in [0.5, 0.6) is 0 Å².